The first-order valence-electron chi connectivity index (χ1n) is 14.8. The molecule has 47 heavy (non-hydrogen) atoms. The number of aliphatic hydroxyl groups is 1. The number of hydrogen-bond donors (Lipinski definition) is 1. The normalized spacial score (nSPS) is 15.6. The van der Waals surface area contributed by atoms with Gasteiger partial charge in [-0.1, -0.05) is 101 Å². The van der Waals surface area contributed by atoms with Gasteiger partial charge in [-0.05, 0) is 54.8 Å². The van der Waals surface area contributed by atoms with Crippen LogP contribution in [-0.4, -0.2) is 33.6 Å². The molecule has 0 spiro atoms. The number of anilines is 1. The lowest BCUT2D eigenvalue weighted by molar-refractivity contribution is -0.132. The number of amides is 1. The summed E-state index contributed by atoms with van der Waals surface area (Å²) in [7, 11) is 0. The lowest BCUT2D eigenvalue weighted by Gasteiger charge is -2.23. The number of ketones is 1. The number of aryl methyl sites for hydroxylation is 1. The van der Waals surface area contributed by atoms with Gasteiger partial charge in [0.1, 0.15) is 18.2 Å². The largest absolute Gasteiger partial charge is 0.507 e. The van der Waals surface area contributed by atoms with Gasteiger partial charge in [0, 0.05) is 11.3 Å². The number of aliphatic hydroxyl groups excluding tert-OH is 1. The van der Waals surface area contributed by atoms with Crippen LogP contribution < -0.4 is 14.4 Å². The van der Waals surface area contributed by atoms with Crippen molar-refractivity contribution in [3.63, 3.8) is 0 Å². The standard InChI is InChI=1S/C36H30FN3O5S2/c1-3-44-29-19-26(15-18-28(29)45-20-23-7-5-4-6-8-23)31-30(32(41)25-13-9-22(2)10-14-25)33(42)34(43)40(31)35-38-39-36(47-35)46-21-24-11-16-27(37)17-12-24/h4-19,31,41H,3,20-21H2,1-2H3/b32-30+. The lowest BCUT2D eigenvalue weighted by Crippen LogP contribution is -2.29. The zero-order chi connectivity index (χ0) is 32.9. The second-order valence-electron chi connectivity index (χ2n) is 10.7. The van der Waals surface area contributed by atoms with Gasteiger partial charge in [0.15, 0.2) is 15.8 Å². The van der Waals surface area contributed by atoms with Gasteiger partial charge in [-0.15, -0.1) is 10.2 Å². The summed E-state index contributed by atoms with van der Waals surface area (Å²) in [6, 6.07) is 27.1. The molecule has 4 aromatic carbocycles. The summed E-state index contributed by atoms with van der Waals surface area (Å²) in [4.78, 5) is 28.7. The first-order chi connectivity index (χ1) is 22.8. The van der Waals surface area contributed by atoms with Gasteiger partial charge >= 0.3 is 5.91 Å². The van der Waals surface area contributed by atoms with Crippen LogP contribution >= 0.6 is 23.1 Å². The molecule has 0 radical (unpaired) electrons. The molecule has 5 aromatic rings. The minimum absolute atomic E-state index is 0.0741. The fourth-order valence-corrected chi connectivity index (χ4v) is 6.94. The van der Waals surface area contributed by atoms with Gasteiger partial charge in [0.2, 0.25) is 5.13 Å². The maximum absolute atomic E-state index is 13.7. The van der Waals surface area contributed by atoms with E-state index in [1.54, 1.807) is 42.5 Å². The fraction of sp³-hybridized carbons (Fsp3) is 0.167. The Morgan fingerprint density at radius 3 is 2.38 bits per heavy atom. The van der Waals surface area contributed by atoms with Crippen LogP contribution in [-0.2, 0) is 21.9 Å². The molecule has 1 unspecified atom stereocenters. The summed E-state index contributed by atoms with van der Waals surface area (Å²) in [5.74, 6) is -0.870. The molecule has 1 atom stereocenters. The number of carbonyl (C=O) groups is 2. The quantitative estimate of drug-likeness (QED) is 0.0499. The van der Waals surface area contributed by atoms with E-state index in [1.807, 2.05) is 56.3 Å². The van der Waals surface area contributed by atoms with Gasteiger partial charge in [-0.3, -0.25) is 14.5 Å². The zero-order valence-corrected chi connectivity index (χ0v) is 27.2. The van der Waals surface area contributed by atoms with Crippen LogP contribution in [0.1, 0.15) is 40.8 Å². The number of thioether (sulfide) groups is 1. The predicted octanol–water partition coefficient (Wildman–Crippen LogP) is 7.88. The Hall–Kier alpha value is -5.00. The van der Waals surface area contributed by atoms with Crippen LogP contribution in [0, 0.1) is 12.7 Å². The third-order valence-corrected chi connectivity index (χ3v) is 9.59. The van der Waals surface area contributed by atoms with Crippen molar-refractivity contribution in [2.45, 2.75) is 36.6 Å². The first kappa shape index (κ1) is 32.0. The van der Waals surface area contributed by atoms with Crippen molar-refractivity contribution in [3.05, 3.63) is 136 Å². The van der Waals surface area contributed by atoms with Crippen molar-refractivity contribution >= 4 is 45.7 Å². The number of Topliss-reactive ketones (excluding diaryl/α,β-unsaturated/α-hetero) is 1. The van der Waals surface area contributed by atoms with E-state index >= 15 is 0 Å². The Labute approximate surface area is 279 Å². The number of halogens is 1. The number of nitrogens with zero attached hydrogens (tertiary/aromatic N) is 3. The summed E-state index contributed by atoms with van der Waals surface area (Å²) in [5.41, 5.74) is 3.70. The summed E-state index contributed by atoms with van der Waals surface area (Å²) in [6.45, 7) is 4.43. The predicted molar refractivity (Wildman–Crippen MR) is 180 cm³/mol. The Morgan fingerprint density at radius 2 is 1.66 bits per heavy atom. The number of carbonyl (C=O) groups excluding carboxylic acids is 2. The van der Waals surface area contributed by atoms with E-state index in [0.29, 0.717) is 45.9 Å². The lowest BCUT2D eigenvalue weighted by atomic mass is 9.95. The maximum Gasteiger partial charge on any atom is 0.301 e. The second kappa shape index (κ2) is 14.2. The summed E-state index contributed by atoms with van der Waals surface area (Å²) in [6.07, 6.45) is 0. The minimum Gasteiger partial charge on any atom is -0.507 e. The van der Waals surface area contributed by atoms with Crippen molar-refractivity contribution in [2.24, 2.45) is 0 Å². The highest BCUT2D eigenvalue weighted by molar-refractivity contribution is 8.00. The Bertz CT molecular complexity index is 1930. The monoisotopic (exact) mass is 667 g/mol. The molecule has 1 aliphatic heterocycles. The van der Waals surface area contributed by atoms with Crippen LogP contribution in [0.25, 0.3) is 5.76 Å². The molecule has 8 nitrogen and oxygen atoms in total. The molecule has 11 heteroatoms. The molecule has 0 bridgehead atoms. The molecular formula is C36H30FN3O5S2. The topological polar surface area (TPSA) is 102 Å². The maximum atomic E-state index is 13.7. The van der Waals surface area contributed by atoms with Gasteiger partial charge in [0.05, 0.1) is 18.2 Å². The number of benzene rings is 4. The molecule has 238 valence electrons. The molecule has 1 saturated heterocycles. The summed E-state index contributed by atoms with van der Waals surface area (Å²) >= 11 is 2.53. The van der Waals surface area contributed by atoms with Crippen molar-refractivity contribution in [3.8, 4) is 11.5 Å². The first-order valence-corrected chi connectivity index (χ1v) is 16.6. The van der Waals surface area contributed by atoms with Gasteiger partial charge in [0.25, 0.3) is 5.78 Å². The summed E-state index contributed by atoms with van der Waals surface area (Å²) in [5, 5.41) is 20.3. The smallest absolute Gasteiger partial charge is 0.301 e. The average Bonchev–Trinajstić information content (AvgIpc) is 3.66. The number of hydrogen-bond acceptors (Lipinski definition) is 9. The van der Waals surface area contributed by atoms with Crippen molar-refractivity contribution in [1.82, 2.24) is 10.2 Å². The van der Waals surface area contributed by atoms with Crippen LogP contribution in [0.15, 0.2) is 107 Å². The molecular weight excluding hydrogens is 638 g/mol. The van der Waals surface area contributed by atoms with Crippen molar-refractivity contribution < 1.29 is 28.6 Å². The molecule has 1 N–H and O–H groups in total. The molecule has 1 aromatic heterocycles. The number of ether oxygens (including phenoxy) is 2. The minimum atomic E-state index is -1.03. The molecule has 1 amide bonds. The molecule has 1 aliphatic rings. The highest BCUT2D eigenvalue weighted by atomic mass is 32.2. The van der Waals surface area contributed by atoms with E-state index in [9.17, 15) is 19.1 Å². The third kappa shape index (κ3) is 7.06. The Balaban J connectivity index is 1.39. The van der Waals surface area contributed by atoms with Crippen LogP contribution in [0.2, 0.25) is 0 Å². The van der Waals surface area contributed by atoms with E-state index in [1.165, 1.54) is 28.8 Å². The second-order valence-corrected chi connectivity index (χ2v) is 12.9. The number of rotatable bonds is 11. The third-order valence-electron chi connectivity index (χ3n) is 7.47. The van der Waals surface area contributed by atoms with E-state index in [2.05, 4.69) is 10.2 Å². The fourth-order valence-electron chi connectivity index (χ4n) is 5.11. The zero-order valence-electron chi connectivity index (χ0n) is 25.6. The SMILES string of the molecule is CCOc1cc(C2/C(=C(\O)c3ccc(C)cc3)C(=O)C(=O)N2c2nnc(SCc3ccc(F)cc3)s2)ccc1OCc1ccccc1. The average molecular weight is 668 g/mol. The molecule has 0 aliphatic carbocycles. The van der Waals surface area contributed by atoms with E-state index < -0.39 is 17.7 Å². The molecule has 0 saturated carbocycles. The number of aromatic nitrogens is 2. The van der Waals surface area contributed by atoms with Crippen molar-refractivity contribution in [1.29, 1.82) is 0 Å². The Kier molecular flexibility index (Phi) is 9.65. The molecule has 2 heterocycles. The highest BCUT2D eigenvalue weighted by Crippen LogP contribution is 2.45. The van der Waals surface area contributed by atoms with Gasteiger partial charge in [-0.2, -0.15) is 0 Å². The van der Waals surface area contributed by atoms with Crippen LogP contribution in [0.5, 0.6) is 11.5 Å². The molecule has 1 fully saturated rings. The molecule has 6 rings (SSSR count). The van der Waals surface area contributed by atoms with Crippen molar-refractivity contribution in [2.75, 3.05) is 11.5 Å². The summed E-state index contributed by atoms with van der Waals surface area (Å²) < 4.78 is 26.0. The van der Waals surface area contributed by atoms with E-state index in [0.717, 1.165) is 28.0 Å². The van der Waals surface area contributed by atoms with Crippen LogP contribution in [0.3, 0.4) is 0 Å². The highest BCUT2D eigenvalue weighted by Gasteiger charge is 2.48. The van der Waals surface area contributed by atoms with Crippen LogP contribution in [0.4, 0.5) is 9.52 Å². The van der Waals surface area contributed by atoms with Gasteiger partial charge in [-0.25, -0.2) is 4.39 Å². The van der Waals surface area contributed by atoms with Gasteiger partial charge < -0.3 is 14.6 Å². The van der Waals surface area contributed by atoms with E-state index in [4.69, 9.17) is 9.47 Å². The Morgan fingerprint density at radius 1 is 0.915 bits per heavy atom. The van der Waals surface area contributed by atoms with E-state index in [-0.39, 0.29) is 22.3 Å².